The number of carbonyl (C=O) groups is 4. The topological polar surface area (TPSA) is 237 Å². The summed E-state index contributed by atoms with van der Waals surface area (Å²) in [6.45, 7) is 7.45. The van der Waals surface area contributed by atoms with Crippen LogP contribution in [0.2, 0.25) is 0 Å². The summed E-state index contributed by atoms with van der Waals surface area (Å²) < 4.78 is 69.1. The minimum atomic E-state index is -4.97. The number of phosphoric ester groups is 2. The number of phosphoric acid groups is 2. The van der Waals surface area contributed by atoms with E-state index < -0.39 is 97.5 Å². The molecule has 0 rings (SSSR count). The molecule has 0 heterocycles. The zero-order chi connectivity index (χ0) is 81.8. The van der Waals surface area contributed by atoms with E-state index >= 15 is 0 Å². The highest BCUT2D eigenvalue weighted by Crippen LogP contribution is 2.45. The Balaban J connectivity index is 5.23. The van der Waals surface area contributed by atoms with Crippen LogP contribution >= 0.6 is 15.6 Å². The Labute approximate surface area is 689 Å². The quantitative estimate of drug-likeness (QED) is 0.0222. The first-order valence-electron chi connectivity index (χ1n) is 48.1. The van der Waals surface area contributed by atoms with Gasteiger partial charge in [-0.2, -0.15) is 0 Å². The molecular weight excluding hydrogens is 1450 g/mol. The van der Waals surface area contributed by atoms with Crippen molar-refractivity contribution in [3.05, 3.63) is 0 Å². The molecule has 19 heteroatoms. The lowest BCUT2D eigenvalue weighted by atomic mass is 10.0. The first kappa shape index (κ1) is 110. The minimum absolute atomic E-state index is 0.109. The van der Waals surface area contributed by atoms with Crippen LogP contribution in [0.15, 0.2) is 0 Å². The molecule has 112 heavy (non-hydrogen) atoms. The zero-order valence-corrected chi connectivity index (χ0v) is 75.6. The van der Waals surface area contributed by atoms with Gasteiger partial charge in [-0.1, -0.05) is 458 Å². The van der Waals surface area contributed by atoms with Gasteiger partial charge in [0, 0.05) is 25.7 Å². The standard InChI is InChI=1S/C93H182O17P2/c1-6-9-12-15-18-21-24-27-29-31-32-33-34-35-41-45-49-54-59-64-69-74-79-93(98)110-89(83-104-91(96)77-72-67-62-57-52-47-43-40-37-36-39-42-46-50-55-60-65-70-75-86(4)5)85-108-112(101,102)106-81-87(94)80-105-111(99,100)107-84-88(82-103-90(95)76-71-66-61-56-51-26-23-20-17-14-11-8-3)109-92(97)78-73-68-63-58-53-48-44-38-30-28-25-22-19-16-13-10-7-2/h86-89,94H,6-85H2,1-5H3,(H,99,100)(H,101,102)/t87-,88+,89+/m0/s1. The van der Waals surface area contributed by atoms with Crippen molar-refractivity contribution in [3.8, 4) is 0 Å². The highest BCUT2D eigenvalue weighted by atomic mass is 31.2. The van der Waals surface area contributed by atoms with Gasteiger partial charge in [-0.3, -0.25) is 37.3 Å². The average molecular weight is 1630 g/mol. The maximum atomic E-state index is 13.2. The molecule has 5 atom stereocenters. The molecule has 0 aromatic rings. The molecule has 0 radical (unpaired) electrons. The molecule has 0 fully saturated rings. The van der Waals surface area contributed by atoms with Crippen LogP contribution in [0.1, 0.15) is 510 Å². The van der Waals surface area contributed by atoms with E-state index in [9.17, 15) is 43.2 Å². The smallest absolute Gasteiger partial charge is 0.462 e. The first-order valence-corrected chi connectivity index (χ1v) is 51.1. The van der Waals surface area contributed by atoms with Gasteiger partial charge in [-0.15, -0.1) is 0 Å². The highest BCUT2D eigenvalue weighted by Gasteiger charge is 2.31. The Bertz CT molecular complexity index is 2120. The van der Waals surface area contributed by atoms with Crippen LogP contribution in [-0.2, 0) is 65.4 Å². The Morgan fingerprint density at radius 3 is 0.607 bits per heavy atom. The van der Waals surface area contributed by atoms with Gasteiger partial charge in [0.25, 0.3) is 0 Å². The fourth-order valence-electron chi connectivity index (χ4n) is 14.7. The highest BCUT2D eigenvalue weighted by molar-refractivity contribution is 7.47. The van der Waals surface area contributed by atoms with Crippen LogP contribution in [0.4, 0.5) is 0 Å². The average Bonchev–Trinajstić information content (AvgIpc) is 0.898. The molecule has 0 spiro atoms. The molecule has 3 N–H and O–H groups in total. The monoisotopic (exact) mass is 1630 g/mol. The van der Waals surface area contributed by atoms with E-state index in [0.29, 0.717) is 25.7 Å². The molecule has 2 unspecified atom stereocenters. The molecule has 0 aromatic heterocycles. The normalized spacial score (nSPS) is 13.7. The van der Waals surface area contributed by atoms with Crippen molar-refractivity contribution in [1.82, 2.24) is 0 Å². The Morgan fingerprint density at radius 1 is 0.241 bits per heavy atom. The number of aliphatic hydroxyl groups is 1. The van der Waals surface area contributed by atoms with E-state index in [1.807, 2.05) is 0 Å². The number of hydrogen-bond acceptors (Lipinski definition) is 15. The van der Waals surface area contributed by atoms with Gasteiger partial charge in [-0.05, 0) is 31.6 Å². The van der Waals surface area contributed by atoms with Crippen molar-refractivity contribution in [2.75, 3.05) is 39.6 Å². The first-order chi connectivity index (χ1) is 54.5. The van der Waals surface area contributed by atoms with Crippen molar-refractivity contribution in [2.24, 2.45) is 5.92 Å². The molecule has 0 aliphatic carbocycles. The molecule has 0 aliphatic rings. The summed E-state index contributed by atoms with van der Waals surface area (Å²) in [6.07, 6.45) is 82.0. The van der Waals surface area contributed by atoms with E-state index in [2.05, 4.69) is 34.6 Å². The van der Waals surface area contributed by atoms with Gasteiger partial charge >= 0.3 is 39.5 Å². The van der Waals surface area contributed by atoms with Crippen molar-refractivity contribution < 1.29 is 80.2 Å². The van der Waals surface area contributed by atoms with Crippen LogP contribution in [0.25, 0.3) is 0 Å². The van der Waals surface area contributed by atoms with E-state index in [1.165, 1.54) is 334 Å². The van der Waals surface area contributed by atoms with Crippen molar-refractivity contribution in [3.63, 3.8) is 0 Å². The summed E-state index contributed by atoms with van der Waals surface area (Å²) in [5.41, 5.74) is 0. The molecule has 666 valence electrons. The molecule has 17 nitrogen and oxygen atoms in total. The van der Waals surface area contributed by atoms with Gasteiger partial charge < -0.3 is 33.8 Å². The maximum absolute atomic E-state index is 13.2. The van der Waals surface area contributed by atoms with Crippen molar-refractivity contribution >= 4 is 39.5 Å². The van der Waals surface area contributed by atoms with Gasteiger partial charge in [0.2, 0.25) is 0 Å². The Kier molecular flexibility index (Phi) is 84.0. The Morgan fingerprint density at radius 2 is 0.411 bits per heavy atom. The van der Waals surface area contributed by atoms with E-state index in [-0.39, 0.29) is 25.7 Å². The predicted molar refractivity (Wildman–Crippen MR) is 465 cm³/mol. The van der Waals surface area contributed by atoms with Crippen molar-refractivity contribution in [1.29, 1.82) is 0 Å². The molecule has 0 aromatic carbocycles. The number of esters is 4. The lowest BCUT2D eigenvalue weighted by Gasteiger charge is -2.21. The Hall–Kier alpha value is -1.94. The predicted octanol–water partition coefficient (Wildman–Crippen LogP) is 29.1. The summed E-state index contributed by atoms with van der Waals surface area (Å²) in [5, 5.41) is 10.7. The van der Waals surface area contributed by atoms with Crippen LogP contribution in [0.3, 0.4) is 0 Å². The molecular formula is C93H182O17P2. The molecule has 0 aliphatic heterocycles. The number of aliphatic hydroxyl groups excluding tert-OH is 1. The summed E-state index contributed by atoms with van der Waals surface area (Å²) in [5.74, 6) is -1.27. The third kappa shape index (κ3) is 85.9. The summed E-state index contributed by atoms with van der Waals surface area (Å²) in [4.78, 5) is 73.5. The second kappa shape index (κ2) is 85.5. The maximum Gasteiger partial charge on any atom is 0.472 e. The number of hydrogen-bond donors (Lipinski definition) is 3. The van der Waals surface area contributed by atoms with E-state index in [1.54, 1.807) is 0 Å². The number of rotatable bonds is 93. The van der Waals surface area contributed by atoms with Gasteiger partial charge in [-0.25, -0.2) is 9.13 Å². The van der Waals surface area contributed by atoms with E-state index in [4.69, 9.17) is 37.0 Å². The number of unbranched alkanes of at least 4 members (excludes halogenated alkanes) is 65. The zero-order valence-electron chi connectivity index (χ0n) is 73.8. The van der Waals surface area contributed by atoms with Crippen molar-refractivity contribution in [2.45, 2.75) is 528 Å². The lowest BCUT2D eigenvalue weighted by molar-refractivity contribution is -0.161. The second-order valence-corrected chi connectivity index (χ2v) is 36.8. The molecule has 0 amide bonds. The fraction of sp³-hybridized carbons (Fsp3) is 0.957. The third-order valence-corrected chi connectivity index (χ3v) is 23.9. The summed E-state index contributed by atoms with van der Waals surface area (Å²) >= 11 is 0. The third-order valence-electron chi connectivity index (χ3n) is 22.0. The fourth-order valence-corrected chi connectivity index (χ4v) is 16.3. The number of carbonyl (C=O) groups excluding carboxylic acids is 4. The van der Waals surface area contributed by atoms with E-state index in [0.717, 1.165) is 95.8 Å². The SMILES string of the molecule is CCCCCCCCCCCCCCCCCCCCCCCCC(=O)O[C@H](COC(=O)CCCCCCCCCCCCCCCCCCCCC(C)C)COP(=O)(O)OC[C@@H](O)COP(=O)(O)OC[C@@H](COC(=O)CCCCCCCCCCCCCC)OC(=O)CCCCCCCCCCCCCCCCCCC. The van der Waals surface area contributed by atoms with Gasteiger partial charge in [0.05, 0.1) is 26.4 Å². The van der Waals surface area contributed by atoms with Crippen LogP contribution in [0.5, 0.6) is 0 Å². The van der Waals surface area contributed by atoms with Crippen LogP contribution < -0.4 is 0 Å². The number of ether oxygens (including phenoxy) is 4. The largest absolute Gasteiger partial charge is 0.472 e. The van der Waals surface area contributed by atoms with Crippen LogP contribution in [0, 0.1) is 5.92 Å². The molecule has 0 saturated carbocycles. The molecule has 0 bridgehead atoms. The lowest BCUT2D eigenvalue weighted by Crippen LogP contribution is -2.30. The second-order valence-electron chi connectivity index (χ2n) is 33.9. The van der Waals surface area contributed by atoms with Crippen LogP contribution in [-0.4, -0.2) is 96.7 Å². The van der Waals surface area contributed by atoms with Gasteiger partial charge in [0.15, 0.2) is 12.2 Å². The molecule has 0 saturated heterocycles. The summed E-state index contributed by atoms with van der Waals surface area (Å²) in [6, 6.07) is 0. The van der Waals surface area contributed by atoms with Gasteiger partial charge in [0.1, 0.15) is 19.3 Å². The summed E-state index contributed by atoms with van der Waals surface area (Å²) in [7, 11) is -9.94. The minimum Gasteiger partial charge on any atom is -0.462 e.